The van der Waals surface area contributed by atoms with E-state index in [0.717, 1.165) is 38.8 Å². The van der Waals surface area contributed by atoms with Crippen molar-refractivity contribution in [1.29, 1.82) is 0 Å². The third kappa shape index (κ3) is 3.61. The molecule has 0 aromatic carbocycles. The summed E-state index contributed by atoms with van der Waals surface area (Å²) in [5.41, 5.74) is 0. The molecule has 2 aliphatic rings. The standard InChI is InChI=1S/C16H24N2O3S2/c1-13-6-9-17(10-7-13)16(19)14-4-2-8-18(12-14)23(20,21)15-5-3-11-22-15/h3,5,11,13-14H,2,4,6-10,12H2,1H3/t14-/m0/s1. The van der Waals surface area contributed by atoms with Gasteiger partial charge in [0.25, 0.3) is 10.0 Å². The van der Waals surface area contributed by atoms with E-state index in [-0.39, 0.29) is 11.8 Å². The van der Waals surface area contributed by atoms with Crippen molar-refractivity contribution < 1.29 is 13.2 Å². The van der Waals surface area contributed by atoms with Gasteiger partial charge in [0, 0.05) is 26.2 Å². The highest BCUT2D eigenvalue weighted by molar-refractivity contribution is 7.91. The predicted octanol–water partition coefficient (Wildman–Crippen LogP) is 2.41. The number of carbonyl (C=O) groups is 1. The third-order valence-electron chi connectivity index (χ3n) is 4.92. The summed E-state index contributed by atoms with van der Waals surface area (Å²) in [5, 5.41) is 1.77. The molecule has 5 nitrogen and oxygen atoms in total. The fraction of sp³-hybridized carbons (Fsp3) is 0.688. The molecule has 0 unspecified atom stereocenters. The molecular weight excluding hydrogens is 332 g/mol. The van der Waals surface area contributed by atoms with Crippen molar-refractivity contribution in [2.45, 2.75) is 36.8 Å². The maximum absolute atomic E-state index is 12.7. The molecule has 3 rings (SSSR count). The average Bonchev–Trinajstić information content (AvgIpc) is 3.10. The van der Waals surface area contributed by atoms with Crippen LogP contribution in [0, 0.1) is 11.8 Å². The molecule has 128 valence electrons. The third-order valence-corrected chi connectivity index (χ3v) is 8.16. The van der Waals surface area contributed by atoms with Crippen LogP contribution in [0.5, 0.6) is 0 Å². The molecule has 1 aromatic heterocycles. The number of nitrogens with zero attached hydrogens (tertiary/aromatic N) is 2. The lowest BCUT2D eigenvalue weighted by atomic mass is 9.94. The number of hydrogen-bond donors (Lipinski definition) is 0. The zero-order valence-corrected chi connectivity index (χ0v) is 15.1. The highest BCUT2D eigenvalue weighted by atomic mass is 32.2. The Morgan fingerprint density at radius 1 is 1.22 bits per heavy atom. The normalized spacial score (nSPS) is 24.7. The van der Waals surface area contributed by atoms with E-state index >= 15 is 0 Å². The van der Waals surface area contributed by atoms with Crippen LogP contribution in [0.3, 0.4) is 0 Å². The summed E-state index contributed by atoms with van der Waals surface area (Å²) in [7, 11) is -3.44. The van der Waals surface area contributed by atoms with Gasteiger partial charge in [-0.25, -0.2) is 8.42 Å². The molecule has 7 heteroatoms. The van der Waals surface area contributed by atoms with Gasteiger partial charge in [0.05, 0.1) is 5.92 Å². The van der Waals surface area contributed by atoms with Gasteiger partial charge in [0.2, 0.25) is 5.91 Å². The molecule has 0 spiro atoms. The second-order valence-corrected chi connectivity index (χ2v) is 9.75. The van der Waals surface area contributed by atoms with Gasteiger partial charge in [0.1, 0.15) is 4.21 Å². The van der Waals surface area contributed by atoms with Gasteiger partial charge in [0.15, 0.2) is 0 Å². The van der Waals surface area contributed by atoms with Gasteiger partial charge in [-0.1, -0.05) is 13.0 Å². The first-order valence-electron chi connectivity index (χ1n) is 8.31. The van der Waals surface area contributed by atoms with E-state index in [1.165, 1.54) is 15.6 Å². The van der Waals surface area contributed by atoms with Crippen molar-refractivity contribution in [2.75, 3.05) is 26.2 Å². The molecule has 1 aromatic rings. The zero-order chi connectivity index (χ0) is 16.4. The maximum Gasteiger partial charge on any atom is 0.252 e. The lowest BCUT2D eigenvalue weighted by Crippen LogP contribution is -2.48. The average molecular weight is 357 g/mol. The van der Waals surface area contributed by atoms with E-state index in [1.54, 1.807) is 17.5 Å². The molecule has 0 radical (unpaired) electrons. The number of amides is 1. The van der Waals surface area contributed by atoms with Gasteiger partial charge in [-0.15, -0.1) is 11.3 Å². The van der Waals surface area contributed by atoms with E-state index in [4.69, 9.17) is 0 Å². The topological polar surface area (TPSA) is 57.7 Å². The van der Waals surface area contributed by atoms with Gasteiger partial charge < -0.3 is 4.90 Å². The highest BCUT2D eigenvalue weighted by Gasteiger charge is 2.36. The van der Waals surface area contributed by atoms with Crippen molar-refractivity contribution >= 4 is 27.3 Å². The second-order valence-electron chi connectivity index (χ2n) is 6.64. The number of piperidine rings is 2. The van der Waals surface area contributed by atoms with Crippen LogP contribution in [0.25, 0.3) is 0 Å². The predicted molar refractivity (Wildman–Crippen MR) is 90.8 cm³/mol. The largest absolute Gasteiger partial charge is 0.342 e. The van der Waals surface area contributed by atoms with Crippen LogP contribution < -0.4 is 0 Å². The van der Waals surface area contributed by atoms with Crippen LogP contribution in [-0.2, 0) is 14.8 Å². The Balaban J connectivity index is 1.67. The maximum atomic E-state index is 12.7. The minimum Gasteiger partial charge on any atom is -0.342 e. The first-order chi connectivity index (χ1) is 11.0. The molecule has 2 aliphatic heterocycles. The molecule has 1 atom stereocenters. The quantitative estimate of drug-likeness (QED) is 0.836. The van der Waals surface area contributed by atoms with E-state index in [1.807, 2.05) is 4.90 Å². The zero-order valence-electron chi connectivity index (χ0n) is 13.5. The van der Waals surface area contributed by atoms with Crippen LogP contribution in [-0.4, -0.2) is 49.7 Å². The number of carbonyl (C=O) groups excluding carboxylic acids is 1. The molecule has 2 fully saturated rings. The van der Waals surface area contributed by atoms with Gasteiger partial charge in [-0.2, -0.15) is 4.31 Å². The number of thiophene rings is 1. The first kappa shape index (κ1) is 16.9. The van der Waals surface area contributed by atoms with Crippen molar-refractivity contribution in [1.82, 2.24) is 9.21 Å². The summed E-state index contributed by atoms with van der Waals surface area (Å²) in [6.07, 6.45) is 3.65. The molecule has 0 saturated carbocycles. The number of likely N-dealkylation sites (tertiary alicyclic amines) is 1. The molecule has 0 bridgehead atoms. The van der Waals surface area contributed by atoms with Crippen molar-refractivity contribution in [2.24, 2.45) is 11.8 Å². The SMILES string of the molecule is CC1CCN(C(=O)[C@H]2CCCN(S(=O)(=O)c3cccs3)C2)CC1. The Kier molecular flexibility index (Phi) is 5.08. The Bertz CT molecular complexity index is 634. The van der Waals surface area contributed by atoms with E-state index in [0.29, 0.717) is 23.2 Å². The summed E-state index contributed by atoms with van der Waals surface area (Å²) in [5.74, 6) is 0.635. The number of rotatable bonds is 3. The van der Waals surface area contributed by atoms with Crippen LogP contribution in [0.1, 0.15) is 32.6 Å². The number of hydrogen-bond acceptors (Lipinski definition) is 4. The van der Waals surface area contributed by atoms with Crippen LogP contribution >= 0.6 is 11.3 Å². The highest BCUT2D eigenvalue weighted by Crippen LogP contribution is 2.28. The van der Waals surface area contributed by atoms with Crippen LogP contribution in [0.15, 0.2) is 21.7 Å². The Hall–Kier alpha value is -0.920. The summed E-state index contributed by atoms with van der Waals surface area (Å²) in [6.45, 7) is 4.69. The summed E-state index contributed by atoms with van der Waals surface area (Å²) in [6, 6.07) is 3.39. The summed E-state index contributed by atoms with van der Waals surface area (Å²) in [4.78, 5) is 14.7. The molecule has 2 saturated heterocycles. The fourth-order valence-corrected chi connectivity index (χ4v) is 6.06. The lowest BCUT2D eigenvalue weighted by molar-refractivity contribution is -0.138. The molecule has 0 N–H and O–H groups in total. The molecule has 0 aliphatic carbocycles. The van der Waals surface area contributed by atoms with Crippen molar-refractivity contribution in [3.63, 3.8) is 0 Å². The fourth-order valence-electron chi connectivity index (χ4n) is 3.39. The molecule has 1 amide bonds. The first-order valence-corrected chi connectivity index (χ1v) is 10.6. The number of sulfonamides is 1. The Morgan fingerprint density at radius 2 is 1.96 bits per heavy atom. The molecule has 23 heavy (non-hydrogen) atoms. The van der Waals surface area contributed by atoms with Crippen molar-refractivity contribution in [3.8, 4) is 0 Å². The van der Waals surface area contributed by atoms with E-state index in [9.17, 15) is 13.2 Å². The van der Waals surface area contributed by atoms with Gasteiger partial charge in [-0.05, 0) is 43.0 Å². The lowest BCUT2D eigenvalue weighted by Gasteiger charge is -2.36. The van der Waals surface area contributed by atoms with E-state index < -0.39 is 10.0 Å². The summed E-state index contributed by atoms with van der Waals surface area (Å²) >= 11 is 1.24. The minimum absolute atomic E-state index is 0.142. The molecular formula is C16H24N2O3S2. The Labute approximate surface area is 142 Å². The van der Waals surface area contributed by atoms with E-state index in [2.05, 4.69) is 6.92 Å². The van der Waals surface area contributed by atoms with Crippen molar-refractivity contribution in [3.05, 3.63) is 17.5 Å². The summed E-state index contributed by atoms with van der Waals surface area (Å²) < 4.78 is 27.2. The van der Waals surface area contributed by atoms with Gasteiger partial charge >= 0.3 is 0 Å². The van der Waals surface area contributed by atoms with Crippen LogP contribution in [0.2, 0.25) is 0 Å². The minimum atomic E-state index is -3.44. The smallest absolute Gasteiger partial charge is 0.252 e. The monoisotopic (exact) mass is 356 g/mol. The van der Waals surface area contributed by atoms with Crippen LogP contribution in [0.4, 0.5) is 0 Å². The molecule has 3 heterocycles. The second kappa shape index (κ2) is 6.91. The Morgan fingerprint density at radius 3 is 2.61 bits per heavy atom. The van der Waals surface area contributed by atoms with Gasteiger partial charge in [-0.3, -0.25) is 4.79 Å².